The molecule has 5 nitrogen and oxygen atoms in total. The summed E-state index contributed by atoms with van der Waals surface area (Å²) in [6.07, 6.45) is -0.705. The van der Waals surface area contributed by atoms with Crippen LogP contribution in [0.3, 0.4) is 0 Å². The van der Waals surface area contributed by atoms with Crippen LogP contribution in [0.1, 0.15) is 16.1 Å². The SMILES string of the molecule is FC(F)(F)c1cccnc1.NC(=O)c1ccn[nH]1. The van der Waals surface area contributed by atoms with Crippen LogP contribution in [0.25, 0.3) is 0 Å². The van der Waals surface area contributed by atoms with Gasteiger partial charge in [0.05, 0.1) is 5.56 Å². The fourth-order valence-corrected chi connectivity index (χ4v) is 0.924. The van der Waals surface area contributed by atoms with Crippen molar-refractivity contribution in [2.45, 2.75) is 6.18 Å². The molecule has 0 aliphatic carbocycles. The first-order chi connectivity index (χ1) is 8.41. The molecule has 0 fully saturated rings. The van der Waals surface area contributed by atoms with Gasteiger partial charge in [0.1, 0.15) is 5.69 Å². The van der Waals surface area contributed by atoms with Gasteiger partial charge < -0.3 is 5.73 Å². The molecule has 0 saturated carbocycles. The Hall–Kier alpha value is -2.38. The van der Waals surface area contributed by atoms with E-state index in [4.69, 9.17) is 5.73 Å². The first kappa shape index (κ1) is 13.7. The molecule has 18 heavy (non-hydrogen) atoms. The summed E-state index contributed by atoms with van der Waals surface area (Å²) >= 11 is 0. The molecule has 3 N–H and O–H groups in total. The number of alkyl halides is 3. The van der Waals surface area contributed by atoms with Crippen molar-refractivity contribution in [3.8, 4) is 0 Å². The summed E-state index contributed by atoms with van der Waals surface area (Å²) in [6.45, 7) is 0. The minimum absolute atomic E-state index is 0.338. The van der Waals surface area contributed by atoms with Crippen LogP contribution in [0.2, 0.25) is 0 Å². The molecule has 8 heteroatoms. The number of nitrogens with one attached hydrogen (secondary N) is 1. The number of hydrogen-bond acceptors (Lipinski definition) is 3. The number of hydrogen-bond donors (Lipinski definition) is 2. The third kappa shape index (κ3) is 4.24. The van der Waals surface area contributed by atoms with Crippen molar-refractivity contribution >= 4 is 5.91 Å². The summed E-state index contributed by atoms with van der Waals surface area (Å²) in [5, 5.41) is 5.93. The Labute approximate surface area is 99.8 Å². The Kier molecular flexibility index (Phi) is 4.41. The zero-order valence-electron chi connectivity index (χ0n) is 8.98. The Balaban J connectivity index is 0.000000184. The van der Waals surface area contributed by atoms with Crippen LogP contribution in [0.5, 0.6) is 0 Å². The quantitative estimate of drug-likeness (QED) is 0.814. The van der Waals surface area contributed by atoms with Crippen LogP contribution in [0, 0.1) is 0 Å². The molecule has 0 aliphatic rings. The number of primary amides is 1. The first-order valence-corrected chi connectivity index (χ1v) is 4.67. The van der Waals surface area contributed by atoms with Gasteiger partial charge in [0, 0.05) is 18.6 Å². The van der Waals surface area contributed by atoms with E-state index in [1.807, 2.05) is 0 Å². The molecule has 2 aromatic heterocycles. The predicted molar refractivity (Wildman–Crippen MR) is 56.3 cm³/mol. The summed E-state index contributed by atoms with van der Waals surface area (Å²) in [7, 11) is 0. The number of nitrogens with two attached hydrogens (primary N) is 1. The van der Waals surface area contributed by atoms with Gasteiger partial charge >= 0.3 is 6.18 Å². The summed E-state index contributed by atoms with van der Waals surface area (Å²) in [5.41, 5.74) is 4.47. The molecule has 0 bridgehead atoms. The van der Waals surface area contributed by atoms with E-state index in [1.165, 1.54) is 24.5 Å². The number of H-pyrrole nitrogens is 1. The molecular formula is C10H9F3N4O. The molecule has 1 amide bonds. The fraction of sp³-hybridized carbons (Fsp3) is 0.100. The molecule has 2 aromatic rings. The summed E-state index contributed by atoms with van der Waals surface area (Å²) < 4.78 is 35.2. The third-order valence-electron chi connectivity index (χ3n) is 1.76. The van der Waals surface area contributed by atoms with E-state index in [-0.39, 0.29) is 0 Å². The van der Waals surface area contributed by atoms with Crippen molar-refractivity contribution < 1.29 is 18.0 Å². The molecule has 96 valence electrons. The van der Waals surface area contributed by atoms with Gasteiger partial charge in [0.25, 0.3) is 5.91 Å². The molecule has 2 rings (SSSR count). The van der Waals surface area contributed by atoms with Crippen molar-refractivity contribution in [2.24, 2.45) is 5.73 Å². The number of halogens is 3. The lowest BCUT2D eigenvalue weighted by molar-refractivity contribution is -0.137. The van der Waals surface area contributed by atoms with Gasteiger partial charge in [0.2, 0.25) is 0 Å². The van der Waals surface area contributed by atoms with E-state index in [9.17, 15) is 18.0 Å². The van der Waals surface area contributed by atoms with Gasteiger partial charge in [-0.3, -0.25) is 14.9 Å². The van der Waals surface area contributed by atoms with Gasteiger partial charge in [-0.2, -0.15) is 18.3 Å². The highest BCUT2D eigenvalue weighted by atomic mass is 19.4. The maximum atomic E-state index is 11.7. The minimum atomic E-state index is -4.27. The molecule has 0 aromatic carbocycles. The Morgan fingerprint density at radius 1 is 1.28 bits per heavy atom. The maximum Gasteiger partial charge on any atom is 0.417 e. The largest absolute Gasteiger partial charge is 0.417 e. The Morgan fingerprint density at radius 2 is 2.00 bits per heavy atom. The van der Waals surface area contributed by atoms with Gasteiger partial charge in [-0.05, 0) is 18.2 Å². The van der Waals surface area contributed by atoms with Crippen LogP contribution in [0.15, 0.2) is 36.8 Å². The van der Waals surface area contributed by atoms with Crippen molar-refractivity contribution in [1.82, 2.24) is 15.2 Å². The van der Waals surface area contributed by atoms with Gasteiger partial charge in [0.15, 0.2) is 0 Å². The molecule has 0 aliphatic heterocycles. The third-order valence-corrected chi connectivity index (χ3v) is 1.76. The van der Waals surface area contributed by atoms with Crippen LogP contribution in [0.4, 0.5) is 13.2 Å². The van der Waals surface area contributed by atoms with E-state index in [0.29, 0.717) is 5.69 Å². The molecule has 0 spiro atoms. The lowest BCUT2D eigenvalue weighted by Gasteiger charge is -2.03. The molecule has 2 heterocycles. The zero-order valence-corrected chi connectivity index (χ0v) is 8.98. The van der Waals surface area contributed by atoms with Crippen molar-refractivity contribution in [1.29, 1.82) is 0 Å². The average molecular weight is 258 g/mol. The van der Waals surface area contributed by atoms with Crippen LogP contribution in [-0.4, -0.2) is 21.1 Å². The lowest BCUT2D eigenvalue weighted by atomic mass is 10.3. The summed E-state index contributed by atoms with van der Waals surface area (Å²) in [4.78, 5) is 13.5. The Bertz CT molecular complexity index is 482. The lowest BCUT2D eigenvalue weighted by Crippen LogP contribution is -2.10. The second-order valence-electron chi connectivity index (χ2n) is 3.07. The topological polar surface area (TPSA) is 84.7 Å². The molecule has 0 unspecified atom stereocenters. The molecule has 0 radical (unpaired) electrons. The van der Waals surface area contributed by atoms with Gasteiger partial charge in [-0.15, -0.1) is 0 Å². The number of amides is 1. The second kappa shape index (κ2) is 5.80. The minimum Gasteiger partial charge on any atom is -0.364 e. The normalized spacial score (nSPS) is 10.4. The predicted octanol–water partition coefficient (Wildman–Crippen LogP) is 1.61. The molecule has 0 atom stereocenters. The Morgan fingerprint density at radius 3 is 2.28 bits per heavy atom. The highest BCUT2D eigenvalue weighted by Gasteiger charge is 2.30. The average Bonchev–Trinajstić information content (AvgIpc) is 2.83. The van der Waals surface area contributed by atoms with Gasteiger partial charge in [-0.1, -0.05) is 0 Å². The monoisotopic (exact) mass is 258 g/mol. The number of pyridine rings is 1. The standard InChI is InChI=1S/C6H4F3N.C4H5N3O/c7-6(8,9)5-2-1-3-10-4-5;5-4(8)3-1-2-6-7-3/h1-4H;1-2H,(H2,5,8)(H,6,7). The van der Waals surface area contributed by atoms with E-state index in [1.54, 1.807) is 0 Å². The van der Waals surface area contributed by atoms with Crippen molar-refractivity contribution in [3.63, 3.8) is 0 Å². The summed E-state index contributed by atoms with van der Waals surface area (Å²) in [5.74, 6) is -0.484. The molecule has 0 saturated heterocycles. The number of nitrogens with zero attached hydrogens (tertiary/aromatic N) is 2. The van der Waals surface area contributed by atoms with E-state index in [0.717, 1.165) is 12.3 Å². The highest BCUT2D eigenvalue weighted by Crippen LogP contribution is 2.27. The van der Waals surface area contributed by atoms with Crippen molar-refractivity contribution in [2.75, 3.05) is 0 Å². The summed E-state index contributed by atoms with van der Waals surface area (Å²) in [6, 6.07) is 3.75. The van der Waals surface area contributed by atoms with E-state index >= 15 is 0 Å². The second-order valence-corrected chi connectivity index (χ2v) is 3.07. The van der Waals surface area contributed by atoms with Crippen LogP contribution < -0.4 is 5.73 Å². The number of aromatic nitrogens is 3. The number of aromatic amines is 1. The number of rotatable bonds is 1. The number of carbonyl (C=O) groups is 1. The van der Waals surface area contributed by atoms with Crippen LogP contribution >= 0.6 is 0 Å². The zero-order chi connectivity index (χ0) is 13.6. The highest BCUT2D eigenvalue weighted by molar-refractivity contribution is 5.90. The molecular weight excluding hydrogens is 249 g/mol. The van der Waals surface area contributed by atoms with Gasteiger partial charge in [-0.25, -0.2) is 0 Å². The van der Waals surface area contributed by atoms with E-state index in [2.05, 4.69) is 15.2 Å². The maximum absolute atomic E-state index is 11.7. The fourth-order valence-electron chi connectivity index (χ4n) is 0.924. The van der Waals surface area contributed by atoms with Crippen LogP contribution in [-0.2, 0) is 6.18 Å². The number of carbonyl (C=O) groups excluding carboxylic acids is 1. The smallest absolute Gasteiger partial charge is 0.364 e. The van der Waals surface area contributed by atoms with E-state index < -0.39 is 17.6 Å². The van der Waals surface area contributed by atoms with Crippen molar-refractivity contribution in [3.05, 3.63) is 48.0 Å². The first-order valence-electron chi connectivity index (χ1n) is 4.67.